The molecule has 0 heterocycles. The van der Waals surface area contributed by atoms with Crippen molar-refractivity contribution in [3.05, 3.63) is 165 Å². The SMILES string of the molecule is [C-]#[N+]/C(C#N)=C1/c2cc(-c3cccc(C(F)(F)F)c3)ccc2-c2cc3c(cc21)-c1ccc(-c2cccc(C)c2)cc1/C3=C(/C#N)[N+]#[C-]. The minimum Gasteiger partial charge on any atom is -0.226 e. The number of alkyl halides is 3. The van der Waals surface area contributed by atoms with E-state index in [0.717, 1.165) is 45.5 Å². The van der Waals surface area contributed by atoms with Gasteiger partial charge < -0.3 is 0 Å². The summed E-state index contributed by atoms with van der Waals surface area (Å²) in [7, 11) is 0. The van der Waals surface area contributed by atoms with Gasteiger partial charge in [0.05, 0.1) is 30.8 Å². The van der Waals surface area contributed by atoms with Gasteiger partial charge in [0.25, 0.3) is 11.4 Å². The Labute approximate surface area is 268 Å². The van der Waals surface area contributed by atoms with Crippen LogP contribution in [0.1, 0.15) is 33.4 Å². The lowest BCUT2D eigenvalue weighted by Gasteiger charge is -2.11. The van der Waals surface area contributed by atoms with Crippen LogP contribution in [0.5, 0.6) is 0 Å². The van der Waals surface area contributed by atoms with Crippen LogP contribution < -0.4 is 0 Å². The molecule has 2 aliphatic rings. The molecule has 0 amide bonds. The van der Waals surface area contributed by atoms with E-state index in [2.05, 4.69) is 21.8 Å². The standard InChI is InChI=1S/C40H19F3N4/c1-22-6-4-7-23(14-22)25-10-12-28-30-18-35-31(19-34(30)38(32(28)16-25)36(20-44)46-2)29-13-11-26(17-33(29)39(35)37(21-45)47-3)24-8-5-9-27(15-24)40(41,42)43/h4-19H,1H3/b38-36+,39-37-. The molecule has 220 valence electrons. The Balaban J connectivity index is 1.46. The molecule has 5 aromatic carbocycles. The molecule has 0 aromatic heterocycles. The largest absolute Gasteiger partial charge is 0.416 e. The summed E-state index contributed by atoms with van der Waals surface area (Å²) in [6, 6.07) is 32.1. The number of rotatable bonds is 2. The summed E-state index contributed by atoms with van der Waals surface area (Å²) in [6.07, 6.45) is -4.51. The van der Waals surface area contributed by atoms with Gasteiger partial charge in [-0.25, -0.2) is 20.2 Å². The summed E-state index contributed by atoms with van der Waals surface area (Å²) in [4.78, 5) is 7.10. The van der Waals surface area contributed by atoms with Gasteiger partial charge in [-0.1, -0.05) is 66.2 Å². The molecule has 4 nitrogen and oxygen atoms in total. The summed E-state index contributed by atoms with van der Waals surface area (Å²) >= 11 is 0. The number of nitriles is 2. The van der Waals surface area contributed by atoms with Gasteiger partial charge in [0.15, 0.2) is 0 Å². The van der Waals surface area contributed by atoms with Crippen molar-refractivity contribution >= 4 is 11.1 Å². The van der Waals surface area contributed by atoms with Crippen molar-refractivity contribution in [3.8, 4) is 56.6 Å². The second-order valence-corrected chi connectivity index (χ2v) is 11.3. The lowest BCUT2D eigenvalue weighted by molar-refractivity contribution is -0.137. The zero-order valence-electron chi connectivity index (χ0n) is 24.7. The fraction of sp³-hybridized carbons (Fsp3) is 0.0500. The van der Waals surface area contributed by atoms with Crippen LogP contribution in [0.3, 0.4) is 0 Å². The average molecular weight is 613 g/mol. The molecule has 2 aliphatic carbocycles. The second kappa shape index (κ2) is 10.7. The number of hydrogen-bond donors (Lipinski definition) is 0. The molecule has 7 rings (SSSR count). The van der Waals surface area contributed by atoms with E-state index >= 15 is 0 Å². The Morgan fingerprint density at radius 1 is 0.553 bits per heavy atom. The van der Waals surface area contributed by atoms with E-state index in [1.54, 1.807) is 24.3 Å². The number of hydrogen-bond acceptors (Lipinski definition) is 2. The Bertz CT molecular complexity index is 2420. The van der Waals surface area contributed by atoms with Crippen LogP contribution in [0, 0.1) is 42.7 Å². The number of aryl methyl sites for hydroxylation is 1. The Kier molecular flexibility index (Phi) is 6.64. The van der Waals surface area contributed by atoms with Crippen molar-refractivity contribution in [1.82, 2.24) is 0 Å². The molecule has 0 fully saturated rings. The van der Waals surface area contributed by atoms with Crippen molar-refractivity contribution in [3.63, 3.8) is 0 Å². The van der Waals surface area contributed by atoms with Gasteiger partial charge in [0.2, 0.25) is 0 Å². The predicted molar refractivity (Wildman–Crippen MR) is 174 cm³/mol. The fourth-order valence-corrected chi connectivity index (χ4v) is 6.56. The normalized spacial score (nSPS) is 14.4. The minimum atomic E-state index is -4.51. The number of nitrogens with zero attached hydrogens (tertiary/aromatic N) is 4. The molecular formula is C40H19F3N4. The average Bonchev–Trinajstić information content (AvgIpc) is 3.56. The minimum absolute atomic E-state index is 0.0564. The van der Waals surface area contributed by atoms with Crippen LogP contribution in [0.4, 0.5) is 13.2 Å². The molecule has 0 unspecified atom stereocenters. The highest BCUT2D eigenvalue weighted by atomic mass is 19.4. The number of halogens is 3. The van der Waals surface area contributed by atoms with Crippen LogP contribution >= 0.6 is 0 Å². The van der Waals surface area contributed by atoms with Gasteiger partial charge in [-0.15, -0.1) is 0 Å². The predicted octanol–water partition coefficient (Wildman–Crippen LogP) is 10.7. The van der Waals surface area contributed by atoms with Gasteiger partial charge in [0.1, 0.15) is 0 Å². The van der Waals surface area contributed by atoms with Crippen molar-refractivity contribution in [2.24, 2.45) is 0 Å². The molecule has 0 radical (unpaired) electrons. The molecule has 0 atom stereocenters. The topological polar surface area (TPSA) is 56.3 Å². The van der Waals surface area contributed by atoms with Crippen LogP contribution in [0.15, 0.2) is 108 Å². The molecule has 5 aromatic rings. The number of allylic oxidation sites excluding steroid dienone is 2. The van der Waals surface area contributed by atoms with Crippen molar-refractivity contribution in [2.75, 3.05) is 0 Å². The molecular weight excluding hydrogens is 593 g/mol. The van der Waals surface area contributed by atoms with E-state index in [4.69, 9.17) is 13.1 Å². The highest BCUT2D eigenvalue weighted by molar-refractivity contribution is 6.11. The zero-order chi connectivity index (χ0) is 33.0. The first-order chi connectivity index (χ1) is 22.7. The first kappa shape index (κ1) is 29.1. The molecule has 7 heteroatoms. The van der Waals surface area contributed by atoms with E-state index in [9.17, 15) is 23.7 Å². The fourth-order valence-electron chi connectivity index (χ4n) is 6.56. The van der Waals surface area contributed by atoms with Crippen LogP contribution in [0.25, 0.3) is 65.3 Å². The summed E-state index contributed by atoms with van der Waals surface area (Å²) in [6.45, 7) is 17.6. The monoisotopic (exact) mass is 612 g/mol. The van der Waals surface area contributed by atoms with E-state index < -0.39 is 11.7 Å². The second-order valence-electron chi connectivity index (χ2n) is 11.3. The molecule has 47 heavy (non-hydrogen) atoms. The van der Waals surface area contributed by atoms with E-state index in [1.165, 1.54) is 6.07 Å². The summed E-state index contributed by atoms with van der Waals surface area (Å²) in [5.41, 5.74) is 9.38. The highest BCUT2D eigenvalue weighted by Crippen LogP contribution is 2.54. The van der Waals surface area contributed by atoms with Crippen molar-refractivity contribution in [1.29, 1.82) is 10.5 Å². The molecule has 0 saturated heterocycles. The Morgan fingerprint density at radius 2 is 1.00 bits per heavy atom. The molecule has 0 bridgehead atoms. The molecule has 0 saturated carbocycles. The summed E-state index contributed by atoms with van der Waals surface area (Å²) < 4.78 is 40.5. The van der Waals surface area contributed by atoms with Gasteiger partial charge in [-0.3, -0.25) is 0 Å². The third-order valence-electron chi connectivity index (χ3n) is 8.64. The maximum atomic E-state index is 13.5. The molecule has 0 aliphatic heterocycles. The Hall–Kier alpha value is -6.67. The maximum absolute atomic E-state index is 13.5. The van der Waals surface area contributed by atoms with E-state index in [-0.39, 0.29) is 11.4 Å². The van der Waals surface area contributed by atoms with Crippen LogP contribution in [-0.4, -0.2) is 0 Å². The quantitative estimate of drug-likeness (QED) is 0.144. The third-order valence-corrected chi connectivity index (χ3v) is 8.64. The molecule has 0 spiro atoms. The first-order valence-corrected chi connectivity index (χ1v) is 14.4. The van der Waals surface area contributed by atoms with Gasteiger partial charge in [-0.05, 0) is 110 Å². The third kappa shape index (κ3) is 4.59. The number of fused-ring (bicyclic) bond motifs is 6. The van der Waals surface area contributed by atoms with Crippen molar-refractivity contribution < 1.29 is 13.2 Å². The maximum Gasteiger partial charge on any atom is 0.416 e. The Morgan fingerprint density at radius 3 is 1.45 bits per heavy atom. The number of benzene rings is 5. The zero-order valence-corrected chi connectivity index (χ0v) is 24.7. The van der Waals surface area contributed by atoms with Crippen molar-refractivity contribution in [2.45, 2.75) is 13.1 Å². The van der Waals surface area contributed by atoms with Crippen LogP contribution in [0.2, 0.25) is 0 Å². The molecule has 0 N–H and O–H groups in total. The van der Waals surface area contributed by atoms with Gasteiger partial charge in [0, 0.05) is 11.1 Å². The lowest BCUT2D eigenvalue weighted by atomic mass is 9.95. The van der Waals surface area contributed by atoms with E-state index in [0.29, 0.717) is 50.1 Å². The van der Waals surface area contributed by atoms with Crippen LogP contribution in [-0.2, 0) is 6.18 Å². The highest BCUT2D eigenvalue weighted by Gasteiger charge is 2.34. The first-order valence-electron chi connectivity index (χ1n) is 14.4. The van der Waals surface area contributed by atoms with Gasteiger partial charge >= 0.3 is 6.18 Å². The van der Waals surface area contributed by atoms with Gasteiger partial charge in [-0.2, -0.15) is 13.2 Å². The lowest BCUT2D eigenvalue weighted by Crippen LogP contribution is -2.04. The smallest absolute Gasteiger partial charge is 0.226 e. The van der Waals surface area contributed by atoms with E-state index in [1.807, 2.05) is 61.5 Å². The summed E-state index contributed by atoms with van der Waals surface area (Å²) in [5.74, 6) is 0. The summed E-state index contributed by atoms with van der Waals surface area (Å²) in [5, 5.41) is 20.0.